The number of anilines is 2. The fraction of sp³-hybridized carbons (Fsp3) is 0.636. The van der Waals surface area contributed by atoms with Gasteiger partial charge in [0.2, 0.25) is 5.95 Å². The first kappa shape index (κ1) is 18.5. The summed E-state index contributed by atoms with van der Waals surface area (Å²) < 4.78 is 0. The lowest BCUT2D eigenvalue weighted by atomic mass is 10.1. The zero-order valence-electron chi connectivity index (χ0n) is 16.5. The number of hydrogen-bond acceptors (Lipinski definition) is 5. The molecule has 146 valence electrons. The summed E-state index contributed by atoms with van der Waals surface area (Å²) in [5.74, 6) is 1.89. The Labute approximate surface area is 163 Å². The van der Waals surface area contributed by atoms with Gasteiger partial charge in [-0.1, -0.05) is 37.8 Å². The number of nitrogens with one attached hydrogen (secondary N) is 1. The van der Waals surface area contributed by atoms with Crippen LogP contribution in [0.5, 0.6) is 0 Å². The van der Waals surface area contributed by atoms with Crippen LogP contribution in [0.2, 0.25) is 0 Å². The van der Waals surface area contributed by atoms with E-state index in [-0.39, 0.29) is 0 Å². The maximum atomic E-state index is 4.96. The first-order valence-corrected chi connectivity index (χ1v) is 10.9. The molecule has 2 aliphatic heterocycles. The van der Waals surface area contributed by atoms with Crippen LogP contribution in [0.1, 0.15) is 51.4 Å². The molecule has 1 N–H and O–H groups in total. The van der Waals surface area contributed by atoms with Gasteiger partial charge in [0.1, 0.15) is 5.82 Å². The zero-order valence-corrected chi connectivity index (χ0v) is 16.5. The Hall–Kier alpha value is -1.88. The highest BCUT2D eigenvalue weighted by Crippen LogP contribution is 2.27. The Morgan fingerprint density at radius 3 is 2.26 bits per heavy atom. The molecule has 2 aliphatic rings. The van der Waals surface area contributed by atoms with E-state index in [4.69, 9.17) is 9.97 Å². The van der Waals surface area contributed by atoms with E-state index in [1.807, 2.05) is 0 Å². The highest BCUT2D eigenvalue weighted by atomic mass is 15.2. The molecule has 4 rings (SSSR count). The molecule has 5 nitrogen and oxygen atoms in total. The summed E-state index contributed by atoms with van der Waals surface area (Å²) >= 11 is 0. The predicted octanol–water partition coefficient (Wildman–Crippen LogP) is 4.30. The molecule has 1 aromatic carbocycles. The summed E-state index contributed by atoms with van der Waals surface area (Å²) in [5, 5.41) is 4.68. The van der Waals surface area contributed by atoms with E-state index in [1.165, 1.54) is 69.8 Å². The van der Waals surface area contributed by atoms with Gasteiger partial charge in [-0.05, 0) is 50.9 Å². The van der Waals surface area contributed by atoms with Gasteiger partial charge in [-0.3, -0.25) is 0 Å². The molecule has 1 aromatic heterocycles. The van der Waals surface area contributed by atoms with Crippen molar-refractivity contribution >= 4 is 22.7 Å². The monoisotopic (exact) mass is 367 g/mol. The van der Waals surface area contributed by atoms with Crippen LogP contribution in [-0.2, 0) is 0 Å². The maximum Gasteiger partial charge on any atom is 0.225 e. The molecule has 2 saturated heterocycles. The highest BCUT2D eigenvalue weighted by molar-refractivity contribution is 5.90. The average molecular weight is 368 g/mol. The van der Waals surface area contributed by atoms with E-state index in [1.54, 1.807) is 0 Å². The van der Waals surface area contributed by atoms with Gasteiger partial charge in [-0.2, -0.15) is 4.98 Å². The van der Waals surface area contributed by atoms with E-state index >= 15 is 0 Å². The van der Waals surface area contributed by atoms with Crippen LogP contribution in [0.15, 0.2) is 24.3 Å². The van der Waals surface area contributed by atoms with Crippen molar-refractivity contribution in [1.82, 2.24) is 14.9 Å². The van der Waals surface area contributed by atoms with E-state index in [0.717, 1.165) is 43.5 Å². The Morgan fingerprint density at radius 2 is 1.44 bits per heavy atom. The standard InChI is InChI=1S/C22H33N5/c1-2-9-16-27(17-10-3-1)21-19-11-5-6-12-20(19)24-22(25-21)23-13-18-26-14-7-4-8-15-26/h5-6,11-12H,1-4,7-10,13-18H2,(H,23,24,25). The number of hydrogen-bond donors (Lipinski definition) is 1. The smallest absolute Gasteiger partial charge is 0.225 e. The lowest BCUT2D eigenvalue weighted by Gasteiger charge is -2.28. The predicted molar refractivity (Wildman–Crippen MR) is 114 cm³/mol. The molecule has 0 radical (unpaired) electrons. The second-order valence-electron chi connectivity index (χ2n) is 7.97. The van der Waals surface area contributed by atoms with Crippen LogP contribution >= 0.6 is 0 Å². The molecule has 2 aromatic rings. The maximum absolute atomic E-state index is 4.96. The molecule has 0 aliphatic carbocycles. The number of piperidine rings is 1. The number of fused-ring (bicyclic) bond motifs is 1. The summed E-state index contributed by atoms with van der Waals surface area (Å²) in [6.45, 7) is 6.67. The molecule has 3 heterocycles. The number of para-hydroxylation sites is 1. The van der Waals surface area contributed by atoms with Gasteiger partial charge in [0.15, 0.2) is 0 Å². The fourth-order valence-corrected chi connectivity index (χ4v) is 4.35. The van der Waals surface area contributed by atoms with E-state index in [0.29, 0.717) is 0 Å². The third-order valence-corrected chi connectivity index (χ3v) is 5.90. The SMILES string of the molecule is c1ccc2c(N3CCCCCCC3)nc(NCCN3CCCCC3)nc2c1. The fourth-order valence-electron chi connectivity index (χ4n) is 4.35. The van der Waals surface area contributed by atoms with E-state index in [9.17, 15) is 0 Å². The summed E-state index contributed by atoms with van der Waals surface area (Å²) in [5.41, 5.74) is 1.05. The van der Waals surface area contributed by atoms with Crippen LogP contribution in [0.25, 0.3) is 10.9 Å². The van der Waals surface area contributed by atoms with Gasteiger partial charge in [0.25, 0.3) is 0 Å². The lowest BCUT2D eigenvalue weighted by Crippen LogP contribution is -2.34. The van der Waals surface area contributed by atoms with E-state index in [2.05, 4.69) is 39.4 Å². The summed E-state index contributed by atoms with van der Waals surface area (Å²) in [4.78, 5) is 14.8. The van der Waals surface area contributed by atoms with Crippen LogP contribution < -0.4 is 10.2 Å². The summed E-state index contributed by atoms with van der Waals surface area (Å²) in [7, 11) is 0. The largest absolute Gasteiger partial charge is 0.356 e. The molecule has 0 atom stereocenters. The third kappa shape index (κ3) is 4.89. The number of benzene rings is 1. The molecular formula is C22H33N5. The third-order valence-electron chi connectivity index (χ3n) is 5.90. The van der Waals surface area contributed by atoms with Crippen molar-refractivity contribution in [3.8, 4) is 0 Å². The van der Waals surface area contributed by atoms with Crippen molar-refractivity contribution in [1.29, 1.82) is 0 Å². The first-order chi connectivity index (χ1) is 13.4. The Morgan fingerprint density at radius 1 is 0.778 bits per heavy atom. The topological polar surface area (TPSA) is 44.3 Å². The number of likely N-dealkylation sites (tertiary alicyclic amines) is 1. The second kappa shape index (κ2) is 9.36. The van der Waals surface area contributed by atoms with Gasteiger partial charge >= 0.3 is 0 Å². The molecule has 0 bridgehead atoms. The average Bonchev–Trinajstić information content (AvgIpc) is 2.68. The number of rotatable bonds is 5. The number of nitrogens with zero attached hydrogens (tertiary/aromatic N) is 4. The van der Waals surface area contributed by atoms with Crippen LogP contribution in [0, 0.1) is 0 Å². The second-order valence-corrected chi connectivity index (χ2v) is 7.97. The summed E-state index contributed by atoms with van der Waals surface area (Å²) in [6, 6.07) is 8.45. The van der Waals surface area contributed by atoms with E-state index < -0.39 is 0 Å². The molecule has 0 unspecified atom stereocenters. The Balaban J connectivity index is 1.50. The minimum absolute atomic E-state index is 0.780. The molecule has 0 spiro atoms. The molecule has 2 fully saturated rings. The van der Waals surface area contributed by atoms with Crippen LogP contribution in [0.4, 0.5) is 11.8 Å². The lowest BCUT2D eigenvalue weighted by molar-refractivity contribution is 0.237. The molecule has 0 saturated carbocycles. The van der Waals surface area contributed by atoms with Crippen molar-refractivity contribution in [3.05, 3.63) is 24.3 Å². The quantitative estimate of drug-likeness (QED) is 0.854. The first-order valence-electron chi connectivity index (χ1n) is 10.9. The summed E-state index contributed by atoms with van der Waals surface area (Å²) in [6.07, 6.45) is 10.6. The van der Waals surface area contributed by atoms with Crippen LogP contribution in [-0.4, -0.2) is 54.1 Å². The molecule has 27 heavy (non-hydrogen) atoms. The van der Waals surface area contributed by atoms with Crippen molar-refractivity contribution < 1.29 is 0 Å². The van der Waals surface area contributed by atoms with Gasteiger partial charge in [-0.15, -0.1) is 0 Å². The Kier molecular flexibility index (Phi) is 6.40. The van der Waals surface area contributed by atoms with Crippen molar-refractivity contribution in [2.24, 2.45) is 0 Å². The van der Waals surface area contributed by atoms with Gasteiger partial charge in [0, 0.05) is 31.6 Å². The van der Waals surface area contributed by atoms with Gasteiger partial charge in [-0.25, -0.2) is 4.98 Å². The highest BCUT2D eigenvalue weighted by Gasteiger charge is 2.16. The van der Waals surface area contributed by atoms with Crippen molar-refractivity contribution in [2.45, 2.75) is 51.4 Å². The number of aromatic nitrogens is 2. The van der Waals surface area contributed by atoms with Crippen molar-refractivity contribution in [3.63, 3.8) is 0 Å². The zero-order chi connectivity index (χ0) is 18.3. The Bertz CT molecular complexity index is 718. The molecule has 0 amide bonds. The van der Waals surface area contributed by atoms with Crippen LogP contribution in [0.3, 0.4) is 0 Å². The van der Waals surface area contributed by atoms with Gasteiger partial charge < -0.3 is 15.1 Å². The van der Waals surface area contributed by atoms with Crippen molar-refractivity contribution in [2.75, 3.05) is 49.5 Å². The minimum Gasteiger partial charge on any atom is -0.356 e. The van der Waals surface area contributed by atoms with Gasteiger partial charge in [0.05, 0.1) is 5.52 Å². The molecule has 5 heteroatoms. The minimum atomic E-state index is 0.780. The normalized spacial score (nSPS) is 19.6. The molecular weight excluding hydrogens is 334 g/mol.